The molecule has 1 aliphatic carbocycles. The molecule has 3 aromatic carbocycles. The summed E-state index contributed by atoms with van der Waals surface area (Å²) in [5.41, 5.74) is 3.52. The van der Waals surface area contributed by atoms with E-state index in [4.69, 9.17) is 9.47 Å². The van der Waals surface area contributed by atoms with Gasteiger partial charge in [-0.2, -0.15) is 0 Å². The van der Waals surface area contributed by atoms with E-state index in [-0.39, 0.29) is 24.4 Å². The van der Waals surface area contributed by atoms with Crippen LogP contribution in [-0.2, 0) is 16.1 Å². The van der Waals surface area contributed by atoms with Crippen LogP contribution in [0.5, 0.6) is 11.5 Å². The maximum atomic E-state index is 14.3. The highest BCUT2D eigenvalue weighted by atomic mass is 16.5. The minimum Gasteiger partial charge on any atom is -0.497 e. The van der Waals surface area contributed by atoms with Gasteiger partial charge in [0.2, 0.25) is 11.8 Å². The Bertz CT molecular complexity index is 1480. The summed E-state index contributed by atoms with van der Waals surface area (Å²) in [6, 6.07) is 19.5. The molecule has 0 spiro atoms. The van der Waals surface area contributed by atoms with Crippen molar-refractivity contribution in [1.29, 1.82) is 0 Å². The second kappa shape index (κ2) is 11.6. The van der Waals surface area contributed by atoms with Gasteiger partial charge >= 0.3 is 0 Å². The number of para-hydroxylation sites is 1. The van der Waals surface area contributed by atoms with Gasteiger partial charge in [0.15, 0.2) is 0 Å². The number of nitrogens with one attached hydrogen (secondary N) is 1. The van der Waals surface area contributed by atoms with E-state index in [2.05, 4.69) is 15.6 Å². The summed E-state index contributed by atoms with van der Waals surface area (Å²) in [7, 11) is 3.10. The lowest BCUT2D eigenvalue weighted by atomic mass is 9.97. The fourth-order valence-corrected chi connectivity index (χ4v) is 5.28. The van der Waals surface area contributed by atoms with Gasteiger partial charge in [-0.05, 0) is 55.2 Å². The van der Waals surface area contributed by atoms with E-state index in [1.165, 1.54) is 12.0 Å². The van der Waals surface area contributed by atoms with Crippen LogP contribution in [0.2, 0.25) is 0 Å². The molecule has 1 fully saturated rings. The lowest BCUT2D eigenvalue weighted by Gasteiger charge is -2.34. The van der Waals surface area contributed by atoms with Gasteiger partial charge in [0.05, 0.1) is 25.4 Å². The number of hydrogen-bond acceptors (Lipinski definition) is 6. The van der Waals surface area contributed by atoms with Gasteiger partial charge in [0.1, 0.15) is 29.6 Å². The highest BCUT2D eigenvalue weighted by molar-refractivity contribution is 6.03. The Morgan fingerprint density at radius 1 is 1.03 bits per heavy atom. The van der Waals surface area contributed by atoms with Crippen LogP contribution in [0.15, 0.2) is 66.7 Å². The van der Waals surface area contributed by atoms with Crippen molar-refractivity contribution < 1.29 is 19.1 Å². The van der Waals surface area contributed by atoms with Crippen LogP contribution in [0, 0.1) is 6.92 Å². The van der Waals surface area contributed by atoms with E-state index >= 15 is 0 Å². The lowest BCUT2D eigenvalue weighted by molar-refractivity contribution is -0.127. The predicted octanol–water partition coefficient (Wildman–Crippen LogP) is 4.59. The number of rotatable bonds is 9. The number of carbonyl (C=O) groups is 2. The van der Waals surface area contributed by atoms with Crippen molar-refractivity contribution in [3.8, 4) is 11.5 Å². The number of methoxy groups -OCH3 is 2. The molecule has 0 saturated heterocycles. The molecule has 1 saturated carbocycles. The Balaban J connectivity index is 1.64. The molecule has 39 heavy (non-hydrogen) atoms. The van der Waals surface area contributed by atoms with Gasteiger partial charge in [-0.25, -0.2) is 4.68 Å². The number of aromatic nitrogens is 3. The summed E-state index contributed by atoms with van der Waals surface area (Å²) >= 11 is 0. The van der Waals surface area contributed by atoms with Crippen LogP contribution in [-0.4, -0.2) is 47.1 Å². The Hall–Kier alpha value is -4.40. The summed E-state index contributed by atoms with van der Waals surface area (Å²) in [6.45, 7) is 1.83. The number of aryl methyl sites for hydroxylation is 1. The number of carbonyl (C=O) groups excluding carboxylic acids is 2. The minimum atomic E-state index is -0.934. The van der Waals surface area contributed by atoms with Gasteiger partial charge in [-0.15, -0.1) is 5.10 Å². The number of hydrogen-bond donors (Lipinski definition) is 1. The van der Waals surface area contributed by atoms with Gasteiger partial charge in [0.25, 0.3) is 0 Å². The first-order valence-corrected chi connectivity index (χ1v) is 13.2. The average Bonchev–Trinajstić information content (AvgIpc) is 3.62. The fraction of sp³-hybridized carbons (Fsp3) is 0.333. The normalized spacial score (nSPS) is 14.2. The van der Waals surface area contributed by atoms with Crippen molar-refractivity contribution >= 4 is 28.5 Å². The summed E-state index contributed by atoms with van der Waals surface area (Å²) in [5.74, 6) is 0.432. The molecule has 0 aliphatic heterocycles. The molecular formula is C30H33N5O4. The molecule has 9 heteroatoms. The number of amides is 2. The van der Waals surface area contributed by atoms with Gasteiger partial charge in [-0.3, -0.25) is 14.5 Å². The van der Waals surface area contributed by atoms with E-state index in [1.807, 2.05) is 55.5 Å². The SMILES string of the molecule is COc1ccc(N(C(=O)Cn2nnc3ccccc32)[C@H](C(=O)NC2CCCC2)c2ccccc2C)c(OC)c1. The van der Waals surface area contributed by atoms with Crippen LogP contribution >= 0.6 is 0 Å². The molecule has 5 rings (SSSR count). The van der Waals surface area contributed by atoms with E-state index in [0.29, 0.717) is 22.7 Å². The second-order valence-corrected chi connectivity index (χ2v) is 9.79. The molecule has 9 nitrogen and oxygen atoms in total. The van der Waals surface area contributed by atoms with Crippen molar-refractivity contribution in [3.63, 3.8) is 0 Å². The molecule has 202 valence electrons. The zero-order chi connectivity index (χ0) is 27.4. The zero-order valence-electron chi connectivity index (χ0n) is 22.5. The first kappa shape index (κ1) is 26.2. The van der Waals surface area contributed by atoms with Crippen molar-refractivity contribution in [3.05, 3.63) is 77.9 Å². The molecule has 0 radical (unpaired) electrons. The standard InChI is InChI=1S/C30H33N5O4/c1-20-10-4-7-13-23(20)29(30(37)31-21-11-5-6-12-21)35(26-17-16-22(38-2)18-27(26)39-3)28(36)19-34-25-15-9-8-14-24(25)32-33-34/h4,7-10,13-18,21,29H,5-6,11-12,19H2,1-3H3,(H,31,37)/t29-/m0/s1. The third-order valence-electron chi connectivity index (χ3n) is 7.31. The van der Waals surface area contributed by atoms with Crippen LogP contribution < -0.4 is 19.7 Å². The van der Waals surface area contributed by atoms with Crippen LogP contribution in [0.25, 0.3) is 11.0 Å². The lowest BCUT2D eigenvalue weighted by Crippen LogP contribution is -2.47. The van der Waals surface area contributed by atoms with Gasteiger partial charge in [0, 0.05) is 12.1 Å². The number of anilines is 1. The minimum absolute atomic E-state index is 0.0815. The van der Waals surface area contributed by atoms with Crippen molar-refractivity contribution in [2.75, 3.05) is 19.1 Å². The van der Waals surface area contributed by atoms with E-state index in [9.17, 15) is 9.59 Å². The highest BCUT2D eigenvalue weighted by Gasteiger charge is 2.37. The summed E-state index contributed by atoms with van der Waals surface area (Å²) in [5, 5.41) is 11.7. The third-order valence-corrected chi connectivity index (χ3v) is 7.31. The molecule has 2 amide bonds. The predicted molar refractivity (Wildman–Crippen MR) is 149 cm³/mol. The summed E-state index contributed by atoms with van der Waals surface area (Å²) in [6.07, 6.45) is 4.01. The number of ether oxygens (including phenoxy) is 2. The molecule has 4 aromatic rings. The maximum absolute atomic E-state index is 14.3. The first-order valence-electron chi connectivity index (χ1n) is 13.2. The highest BCUT2D eigenvalue weighted by Crippen LogP contribution is 2.38. The van der Waals surface area contributed by atoms with Crippen molar-refractivity contribution in [2.45, 2.75) is 51.2 Å². The number of nitrogens with zero attached hydrogens (tertiary/aromatic N) is 4. The monoisotopic (exact) mass is 527 g/mol. The Morgan fingerprint density at radius 3 is 2.51 bits per heavy atom. The number of benzene rings is 3. The molecule has 1 heterocycles. The van der Waals surface area contributed by atoms with Crippen LogP contribution in [0.3, 0.4) is 0 Å². The quantitative estimate of drug-likeness (QED) is 0.342. The van der Waals surface area contributed by atoms with Crippen molar-refractivity contribution in [1.82, 2.24) is 20.3 Å². The Kier molecular flexibility index (Phi) is 7.76. The van der Waals surface area contributed by atoms with Crippen molar-refractivity contribution in [2.24, 2.45) is 0 Å². The topological polar surface area (TPSA) is 98.6 Å². The van der Waals surface area contributed by atoms with Gasteiger partial charge < -0.3 is 14.8 Å². The second-order valence-electron chi connectivity index (χ2n) is 9.79. The van der Waals surface area contributed by atoms with E-state index in [0.717, 1.165) is 42.3 Å². The average molecular weight is 528 g/mol. The largest absolute Gasteiger partial charge is 0.497 e. The molecule has 1 N–H and O–H groups in total. The van der Waals surface area contributed by atoms with Crippen LogP contribution in [0.4, 0.5) is 5.69 Å². The van der Waals surface area contributed by atoms with Gasteiger partial charge in [-0.1, -0.05) is 54.5 Å². The molecule has 0 bridgehead atoms. The third kappa shape index (κ3) is 5.43. The first-order chi connectivity index (χ1) is 19.0. The van der Waals surface area contributed by atoms with E-state index < -0.39 is 6.04 Å². The molecule has 0 unspecified atom stereocenters. The summed E-state index contributed by atoms with van der Waals surface area (Å²) < 4.78 is 12.7. The number of fused-ring (bicyclic) bond motifs is 1. The smallest absolute Gasteiger partial charge is 0.249 e. The maximum Gasteiger partial charge on any atom is 0.249 e. The fourth-order valence-electron chi connectivity index (χ4n) is 5.28. The summed E-state index contributed by atoms with van der Waals surface area (Å²) in [4.78, 5) is 29.9. The molecular weight excluding hydrogens is 494 g/mol. The zero-order valence-corrected chi connectivity index (χ0v) is 22.5. The van der Waals surface area contributed by atoms with Crippen LogP contribution in [0.1, 0.15) is 42.9 Å². The molecule has 1 aromatic heterocycles. The Morgan fingerprint density at radius 2 is 1.77 bits per heavy atom. The molecule has 1 atom stereocenters. The van der Waals surface area contributed by atoms with E-state index in [1.54, 1.807) is 30.0 Å². The molecule has 1 aliphatic rings. The Labute approximate surface area is 227 Å².